The predicted octanol–water partition coefficient (Wildman–Crippen LogP) is 14.7. The molecule has 5 amide bonds. The van der Waals surface area contributed by atoms with Gasteiger partial charge in [-0.3, -0.25) is 66.1 Å². The number of aromatic hydroxyl groups is 1. The van der Waals surface area contributed by atoms with Crippen LogP contribution in [-0.2, 0) is 81.5 Å². The van der Waals surface area contributed by atoms with E-state index in [0.717, 1.165) is 22.3 Å². The van der Waals surface area contributed by atoms with Crippen LogP contribution < -0.4 is 31.3 Å². The second kappa shape index (κ2) is 44.5. The lowest BCUT2D eigenvalue weighted by Gasteiger charge is -2.15. The van der Waals surface area contributed by atoms with Gasteiger partial charge in [0.05, 0.1) is 124 Å². The number of nitrogens with one attached hydrogen (secondary N) is 10. The lowest BCUT2D eigenvalue weighted by Crippen LogP contribution is -2.18. The van der Waals surface area contributed by atoms with Crippen LogP contribution in [0.2, 0.25) is 20.1 Å². The summed E-state index contributed by atoms with van der Waals surface area (Å²) in [5.41, 5.74) is 12.1. The fourth-order valence-corrected chi connectivity index (χ4v) is 12.9. The first kappa shape index (κ1) is 95.5. The summed E-state index contributed by atoms with van der Waals surface area (Å²) in [6.45, 7) is 8.56. The molecule has 0 aliphatic carbocycles. The third-order valence-corrected chi connectivity index (χ3v) is 19.9. The molecule has 638 valence electrons. The van der Waals surface area contributed by atoms with Crippen molar-refractivity contribution in [3.05, 3.63) is 310 Å². The molecule has 4 aromatic heterocycles. The quantitative estimate of drug-likeness (QED) is 0.00713. The van der Waals surface area contributed by atoms with Crippen LogP contribution in [0, 0.1) is 28.6 Å². The second-order valence-electron chi connectivity index (χ2n) is 27.2. The number of anilines is 6. The molecule has 11 N–H and O–H groups in total. The summed E-state index contributed by atoms with van der Waals surface area (Å²) >= 11 is 20.3. The Morgan fingerprint density at radius 1 is 0.395 bits per heavy atom. The van der Waals surface area contributed by atoms with Crippen LogP contribution in [0.5, 0.6) is 5.75 Å². The van der Waals surface area contributed by atoms with E-state index in [0.29, 0.717) is 118 Å². The summed E-state index contributed by atoms with van der Waals surface area (Å²) < 4.78 is 46.8. The largest absolute Gasteiger partial charge is 0.755 e. The average Bonchev–Trinajstić information content (AvgIpc) is 1.72. The van der Waals surface area contributed by atoms with Crippen molar-refractivity contribution in [3.63, 3.8) is 0 Å². The molecule has 0 aliphatic heterocycles. The minimum atomic E-state index is -2.61. The average molecular weight is 1790 g/mol. The second-order valence-corrected chi connectivity index (χ2v) is 29.8. The molecule has 1 unspecified atom stereocenters. The van der Waals surface area contributed by atoms with E-state index < -0.39 is 40.6 Å². The lowest BCUT2D eigenvalue weighted by atomic mass is 10.0. The van der Waals surface area contributed by atoms with Crippen molar-refractivity contribution in [1.29, 1.82) is 21.6 Å². The van der Waals surface area contributed by atoms with Gasteiger partial charge in [0.1, 0.15) is 5.75 Å². The maximum absolute atomic E-state index is 12.9. The van der Waals surface area contributed by atoms with Crippen LogP contribution in [0.3, 0.4) is 0 Å². The number of carbonyl (C=O) groups is 9. The van der Waals surface area contributed by atoms with Gasteiger partial charge in [-0.25, -0.2) is 0 Å². The van der Waals surface area contributed by atoms with E-state index in [4.69, 9.17) is 76.5 Å². The van der Waals surface area contributed by atoms with Crippen LogP contribution >= 0.6 is 46.4 Å². The van der Waals surface area contributed by atoms with Gasteiger partial charge in [-0.2, -0.15) is 28.8 Å². The SMILES string of the molecule is CC(=N)c1ccc(C(=O)Cc2c(C(=O)Nc3ccc(Cl)cc3C)cnn2C)cc1.CC(=N)c1ccc(C(=O)Cc2c(C(=O)Nc3ccc(Cl)cc3NC=O)cnn2C)cc1.CC(=N)c1ccc(C(=O)Cc2c(C(=O)Nc3ccc(Cl)cc3NS(=O)[O-])cnn2C)cc1.CC(=N)c1ccc(C(=O)Cc2c(C(=O)Nc3ccc(Cl)cc3O)cnn2C)cc1.O=S=O. The highest BCUT2D eigenvalue weighted by atomic mass is 35.5. The van der Waals surface area contributed by atoms with Crippen molar-refractivity contribution in [2.45, 2.75) is 60.3 Å². The molecule has 38 heteroatoms. The summed E-state index contributed by atoms with van der Waals surface area (Å²) in [6.07, 6.45) is 5.99. The molecule has 0 saturated carbocycles. The maximum Gasteiger partial charge on any atom is 0.335 e. The Morgan fingerprint density at radius 2 is 0.637 bits per heavy atom. The van der Waals surface area contributed by atoms with E-state index in [-0.39, 0.29) is 99.2 Å². The summed E-state index contributed by atoms with van der Waals surface area (Å²) in [7, 11) is 6.63. The monoisotopic (exact) mass is 1790 g/mol. The van der Waals surface area contributed by atoms with Crippen LogP contribution in [0.15, 0.2) is 195 Å². The minimum Gasteiger partial charge on any atom is -0.755 e. The molecule has 0 saturated heterocycles. The highest BCUT2D eigenvalue weighted by Crippen LogP contribution is 2.32. The fraction of sp³-hybridized carbons (Fsp3) is 0.151. The third kappa shape index (κ3) is 26.3. The van der Waals surface area contributed by atoms with Gasteiger partial charge >= 0.3 is 11.6 Å². The zero-order valence-electron chi connectivity index (χ0n) is 67.5. The number of nitrogens with zero attached hydrogens (tertiary/aromatic N) is 8. The molecule has 12 aromatic rings. The van der Waals surface area contributed by atoms with Gasteiger partial charge < -0.3 is 62.6 Å². The van der Waals surface area contributed by atoms with E-state index in [9.17, 15) is 57.0 Å². The van der Waals surface area contributed by atoms with Gasteiger partial charge in [0.15, 0.2) is 23.1 Å². The number of rotatable bonds is 28. The number of aromatic nitrogens is 8. The Morgan fingerprint density at radius 3 is 0.911 bits per heavy atom. The molecule has 0 radical (unpaired) electrons. The van der Waals surface area contributed by atoms with E-state index in [1.807, 2.05) is 6.92 Å². The van der Waals surface area contributed by atoms with Gasteiger partial charge in [0, 0.05) is 116 Å². The fourth-order valence-electron chi connectivity index (χ4n) is 11.8. The number of phenolic OH excluding ortho intramolecular Hbond substituents is 1. The van der Waals surface area contributed by atoms with Gasteiger partial charge in [-0.15, -0.1) is 0 Å². The maximum atomic E-state index is 12.9. The number of phenols is 1. The molecule has 1 atom stereocenters. The standard InChI is InChI=1S/C22H20ClN5O3.C22H21ClN4O2.C21H20ClN5O4S.C21H19ClN4O3.O2S/c1-13(24)14-3-5-15(6-4-14)21(30)10-20-17(11-26-28(20)2)22(31)27-18-8-7-16(23)9-19(18)25-12-29;1-13-10-17(23)8-9-19(13)26-22(29)18-12-25-27(3)20(18)11-21(28)16-6-4-15(5-7-16)14(2)24;1-12(23)13-3-5-14(6-4-13)20(28)10-19-16(11-24-27(19)2)21(29)25-17-8-7-15(22)9-18(17)26-32(30)31;1-12(23)13-3-5-14(6-4-13)19(27)10-18-16(11-24-26(18)2)21(29)25-17-8-7-15(22)9-20(17)28;1-3-2/h3-9,11-12,24H,10H2,1-2H3,(H,25,29)(H,27,31);4-10,12,24H,11H2,1-3H3,(H,26,29);3-9,11,23,26H,10H2,1-2H3,(H,25,29)(H,30,31);3-9,11,23,28H,10H2,1-2H3,(H,25,29);/p-1. The summed E-state index contributed by atoms with van der Waals surface area (Å²) in [5, 5.41) is 71.9. The zero-order valence-corrected chi connectivity index (χ0v) is 72.2. The lowest BCUT2D eigenvalue weighted by molar-refractivity contribution is -0.105. The number of benzene rings is 8. The van der Waals surface area contributed by atoms with Crippen molar-refractivity contribution in [1.82, 2.24) is 39.1 Å². The number of halogens is 4. The number of carbonyl (C=O) groups excluding carboxylic acids is 9. The van der Waals surface area contributed by atoms with Crippen LogP contribution in [0.25, 0.3) is 0 Å². The molecular formula is C86H79Cl4N18O14S2-. The van der Waals surface area contributed by atoms with Crippen LogP contribution in [0.4, 0.5) is 34.1 Å². The Bertz CT molecular complexity index is 6010. The van der Waals surface area contributed by atoms with Crippen molar-refractivity contribution in [2.75, 3.05) is 31.3 Å². The third-order valence-electron chi connectivity index (χ3n) is 18.6. The molecule has 124 heavy (non-hydrogen) atoms. The summed E-state index contributed by atoms with van der Waals surface area (Å²) in [6, 6.07) is 45.6. The van der Waals surface area contributed by atoms with E-state index in [1.54, 1.807) is 189 Å². The number of hydrogen-bond donors (Lipinski definition) is 11. The Hall–Kier alpha value is -14.0. The van der Waals surface area contributed by atoms with Crippen molar-refractivity contribution < 1.29 is 65.4 Å². The first-order valence-electron chi connectivity index (χ1n) is 36.7. The summed E-state index contributed by atoms with van der Waals surface area (Å²) in [4.78, 5) is 113. The number of amides is 5. The zero-order chi connectivity index (χ0) is 90.9. The molecule has 12 rings (SSSR count). The number of aryl methyl sites for hydroxylation is 5. The topological polar surface area (TPSA) is 487 Å². The highest BCUT2D eigenvalue weighted by molar-refractivity contribution is 7.80. The van der Waals surface area contributed by atoms with Gasteiger partial charge in [0.2, 0.25) is 6.41 Å². The molecule has 0 aliphatic rings. The van der Waals surface area contributed by atoms with E-state index >= 15 is 0 Å². The van der Waals surface area contributed by atoms with Gasteiger partial charge in [-0.05, 0) is 129 Å². The van der Waals surface area contributed by atoms with Gasteiger partial charge in [-0.1, -0.05) is 143 Å². The summed E-state index contributed by atoms with van der Waals surface area (Å²) in [5.74, 6) is -2.71. The number of hydrogen-bond acceptors (Lipinski definition) is 22. The Kier molecular flexibility index (Phi) is 34.3. The number of ketones is 4. The van der Waals surface area contributed by atoms with Crippen molar-refractivity contribution in [3.8, 4) is 5.75 Å². The molecule has 0 spiro atoms. The number of Topliss-reactive ketones (excluding diaryl/α,β-unsaturated/α-hetero) is 4. The molecule has 8 aromatic carbocycles. The first-order chi connectivity index (χ1) is 58.9. The molecular weight excluding hydrogens is 1720 g/mol. The molecule has 0 bridgehead atoms. The van der Waals surface area contributed by atoms with Crippen molar-refractivity contribution in [2.24, 2.45) is 28.2 Å². The predicted molar refractivity (Wildman–Crippen MR) is 476 cm³/mol. The molecule has 4 heterocycles. The first-order valence-corrected chi connectivity index (χ1v) is 40.0. The smallest absolute Gasteiger partial charge is 0.335 e. The Labute approximate surface area is 736 Å². The Balaban J connectivity index is 0.000000203. The molecule has 32 nitrogen and oxygen atoms in total. The van der Waals surface area contributed by atoms with E-state index in [2.05, 4.69) is 51.7 Å². The van der Waals surface area contributed by atoms with Crippen molar-refractivity contribution >= 4 is 179 Å². The van der Waals surface area contributed by atoms with Gasteiger partial charge in [0.25, 0.3) is 23.6 Å². The molecule has 0 fully saturated rings. The van der Waals surface area contributed by atoms with Crippen LogP contribution in [-0.4, -0.2) is 137 Å². The van der Waals surface area contributed by atoms with Crippen LogP contribution in [0.1, 0.15) is 161 Å². The normalized spacial score (nSPS) is 10.7. The van der Waals surface area contributed by atoms with E-state index in [1.165, 1.54) is 79.9 Å². The highest BCUT2D eigenvalue weighted by Gasteiger charge is 2.26. The minimum absolute atomic E-state index is 0.0191.